The van der Waals surface area contributed by atoms with Crippen LogP contribution in [0.25, 0.3) is 0 Å². The van der Waals surface area contributed by atoms with Crippen molar-refractivity contribution >= 4 is 0 Å². The molecule has 90 valence electrons. The van der Waals surface area contributed by atoms with Gasteiger partial charge in [-0.15, -0.1) is 0 Å². The molecule has 0 bridgehead atoms. The number of likely N-dealkylation sites (N-methyl/N-ethyl adjacent to an activating group) is 1. The van der Waals surface area contributed by atoms with Crippen molar-refractivity contribution in [1.82, 2.24) is 9.80 Å². The van der Waals surface area contributed by atoms with Crippen molar-refractivity contribution in [3.05, 3.63) is 0 Å². The second-order valence-corrected chi connectivity index (χ2v) is 4.96. The van der Waals surface area contributed by atoms with Gasteiger partial charge in [0.25, 0.3) is 0 Å². The molecule has 1 aliphatic heterocycles. The molecule has 1 saturated heterocycles. The summed E-state index contributed by atoms with van der Waals surface area (Å²) in [5.74, 6) is 0. The number of hydrogen-bond donors (Lipinski definition) is 1. The summed E-state index contributed by atoms with van der Waals surface area (Å²) in [6.45, 7) is 8.91. The van der Waals surface area contributed by atoms with Crippen molar-refractivity contribution in [3.8, 4) is 0 Å². The molecule has 0 aromatic carbocycles. The Labute approximate surface area is 94.1 Å². The van der Waals surface area contributed by atoms with Gasteiger partial charge in [-0.3, -0.25) is 0 Å². The van der Waals surface area contributed by atoms with Gasteiger partial charge in [0.2, 0.25) is 0 Å². The summed E-state index contributed by atoms with van der Waals surface area (Å²) in [7, 11) is 2.16. The zero-order valence-corrected chi connectivity index (χ0v) is 10.4. The number of aliphatic hydroxyl groups excluding tert-OH is 1. The highest BCUT2D eigenvalue weighted by Gasteiger charge is 2.15. The zero-order valence-electron chi connectivity index (χ0n) is 10.4. The predicted octanol–water partition coefficient (Wildman–Crippen LogP) is 1.17. The van der Waals surface area contributed by atoms with E-state index in [4.69, 9.17) is 0 Å². The smallest absolute Gasteiger partial charge is 0.0526 e. The first-order chi connectivity index (χ1) is 7.09. The molecular formula is C12H26N2O. The number of nitrogens with zero attached hydrogens (tertiary/aromatic N) is 2. The van der Waals surface area contributed by atoms with E-state index < -0.39 is 0 Å². The van der Waals surface area contributed by atoms with Crippen LogP contribution in [0.4, 0.5) is 0 Å². The first kappa shape index (κ1) is 12.9. The summed E-state index contributed by atoms with van der Waals surface area (Å²) in [6, 6.07) is 0.479. The van der Waals surface area contributed by atoms with E-state index in [1.165, 1.54) is 32.5 Å². The maximum atomic E-state index is 9.31. The minimum atomic E-state index is -0.186. The van der Waals surface area contributed by atoms with Crippen LogP contribution in [-0.2, 0) is 0 Å². The highest BCUT2D eigenvalue weighted by atomic mass is 16.3. The molecule has 1 N–H and O–H groups in total. The van der Waals surface area contributed by atoms with Crippen LogP contribution in [0.1, 0.15) is 33.1 Å². The topological polar surface area (TPSA) is 26.7 Å². The van der Waals surface area contributed by atoms with Crippen LogP contribution < -0.4 is 0 Å². The average molecular weight is 214 g/mol. The van der Waals surface area contributed by atoms with Crippen LogP contribution in [0.15, 0.2) is 0 Å². The van der Waals surface area contributed by atoms with Crippen molar-refractivity contribution in [2.45, 2.75) is 45.3 Å². The fourth-order valence-corrected chi connectivity index (χ4v) is 2.20. The van der Waals surface area contributed by atoms with Crippen molar-refractivity contribution in [1.29, 1.82) is 0 Å². The molecule has 2 unspecified atom stereocenters. The van der Waals surface area contributed by atoms with Gasteiger partial charge in [-0.1, -0.05) is 0 Å². The lowest BCUT2D eigenvalue weighted by molar-refractivity contribution is 0.128. The van der Waals surface area contributed by atoms with Gasteiger partial charge in [0.05, 0.1) is 6.10 Å². The molecule has 1 fully saturated rings. The van der Waals surface area contributed by atoms with Crippen molar-refractivity contribution in [3.63, 3.8) is 0 Å². The molecule has 0 spiro atoms. The normalized spacial score (nSPS) is 22.2. The van der Waals surface area contributed by atoms with E-state index in [0.29, 0.717) is 6.04 Å². The Morgan fingerprint density at radius 1 is 1.27 bits per heavy atom. The Morgan fingerprint density at radius 3 is 2.40 bits per heavy atom. The van der Waals surface area contributed by atoms with Gasteiger partial charge in [-0.2, -0.15) is 0 Å². The van der Waals surface area contributed by atoms with E-state index in [-0.39, 0.29) is 6.10 Å². The predicted molar refractivity (Wildman–Crippen MR) is 64.1 cm³/mol. The largest absolute Gasteiger partial charge is 0.393 e. The standard InChI is InChI=1S/C12H26N2O/c1-11(10-12(2)15)13(3)8-9-14-6-4-5-7-14/h11-12,15H,4-10H2,1-3H3. The summed E-state index contributed by atoms with van der Waals surface area (Å²) < 4.78 is 0. The van der Waals surface area contributed by atoms with E-state index >= 15 is 0 Å². The van der Waals surface area contributed by atoms with Crippen molar-refractivity contribution in [2.24, 2.45) is 0 Å². The van der Waals surface area contributed by atoms with Crippen LogP contribution in [0.3, 0.4) is 0 Å². The number of rotatable bonds is 6. The third-order valence-electron chi connectivity index (χ3n) is 3.40. The van der Waals surface area contributed by atoms with Gasteiger partial charge in [-0.25, -0.2) is 0 Å². The maximum absolute atomic E-state index is 9.31. The van der Waals surface area contributed by atoms with E-state index in [1.54, 1.807) is 0 Å². The fourth-order valence-electron chi connectivity index (χ4n) is 2.20. The second-order valence-electron chi connectivity index (χ2n) is 4.96. The molecule has 2 atom stereocenters. The Morgan fingerprint density at radius 2 is 1.87 bits per heavy atom. The van der Waals surface area contributed by atoms with Crippen LogP contribution in [0.2, 0.25) is 0 Å². The van der Waals surface area contributed by atoms with Gasteiger partial charge < -0.3 is 14.9 Å². The molecule has 1 aliphatic rings. The summed E-state index contributed by atoms with van der Waals surface area (Å²) in [5, 5.41) is 9.31. The van der Waals surface area contributed by atoms with Crippen molar-refractivity contribution < 1.29 is 5.11 Å². The van der Waals surface area contributed by atoms with Crippen molar-refractivity contribution in [2.75, 3.05) is 33.2 Å². The Bertz CT molecular complexity index is 167. The molecule has 3 heteroatoms. The molecule has 1 rings (SSSR count). The summed E-state index contributed by atoms with van der Waals surface area (Å²) >= 11 is 0. The van der Waals surface area contributed by atoms with Crippen LogP contribution in [0.5, 0.6) is 0 Å². The monoisotopic (exact) mass is 214 g/mol. The Hall–Kier alpha value is -0.120. The van der Waals surface area contributed by atoms with Gasteiger partial charge >= 0.3 is 0 Å². The molecule has 0 radical (unpaired) electrons. The minimum Gasteiger partial charge on any atom is -0.393 e. The van der Waals surface area contributed by atoms with Gasteiger partial charge in [-0.05, 0) is 53.2 Å². The highest BCUT2D eigenvalue weighted by molar-refractivity contribution is 4.71. The van der Waals surface area contributed by atoms with Gasteiger partial charge in [0.15, 0.2) is 0 Å². The quantitative estimate of drug-likeness (QED) is 0.719. The molecule has 0 saturated carbocycles. The lowest BCUT2D eigenvalue weighted by Crippen LogP contribution is -2.37. The van der Waals surface area contributed by atoms with Crippen LogP contribution in [-0.4, -0.2) is 60.3 Å². The molecule has 15 heavy (non-hydrogen) atoms. The molecule has 0 aliphatic carbocycles. The fraction of sp³-hybridized carbons (Fsp3) is 1.00. The first-order valence-electron chi connectivity index (χ1n) is 6.20. The molecule has 0 aromatic rings. The number of hydrogen-bond acceptors (Lipinski definition) is 3. The van der Waals surface area contributed by atoms with E-state index in [2.05, 4.69) is 23.8 Å². The Balaban J connectivity index is 2.13. The van der Waals surface area contributed by atoms with Crippen LogP contribution in [0, 0.1) is 0 Å². The zero-order chi connectivity index (χ0) is 11.3. The lowest BCUT2D eigenvalue weighted by atomic mass is 10.1. The van der Waals surface area contributed by atoms with Gasteiger partial charge in [0, 0.05) is 19.1 Å². The van der Waals surface area contributed by atoms with E-state index in [1.807, 2.05) is 6.92 Å². The van der Waals surface area contributed by atoms with E-state index in [0.717, 1.165) is 13.0 Å². The molecular weight excluding hydrogens is 188 g/mol. The summed E-state index contributed by atoms with van der Waals surface area (Å²) in [6.07, 6.45) is 3.42. The minimum absolute atomic E-state index is 0.186. The Kier molecular flexibility index (Phi) is 5.58. The van der Waals surface area contributed by atoms with Crippen LogP contribution >= 0.6 is 0 Å². The second kappa shape index (κ2) is 6.46. The molecule has 0 aromatic heterocycles. The maximum Gasteiger partial charge on any atom is 0.0526 e. The van der Waals surface area contributed by atoms with Gasteiger partial charge in [0.1, 0.15) is 0 Å². The third kappa shape index (κ3) is 4.96. The number of aliphatic hydroxyl groups is 1. The summed E-state index contributed by atoms with van der Waals surface area (Å²) in [5.41, 5.74) is 0. The highest BCUT2D eigenvalue weighted by Crippen LogP contribution is 2.08. The lowest BCUT2D eigenvalue weighted by Gasteiger charge is -2.27. The summed E-state index contributed by atoms with van der Waals surface area (Å²) in [4.78, 5) is 4.89. The number of likely N-dealkylation sites (tertiary alicyclic amines) is 1. The molecule has 3 nitrogen and oxygen atoms in total. The van der Waals surface area contributed by atoms with E-state index in [9.17, 15) is 5.11 Å². The SMILES string of the molecule is CC(O)CC(C)N(C)CCN1CCCC1. The average Bonchev–Trinajstić information content (AvgIpc) is 2.65. The first-order valence-corrected chi connectivity index (χ1v) is 6.20. The molecule has 1 heterocycles. The molecule has 0 amide bonds. The third-order valence-corrected chi connectivity index (χ3v) is 3.40.